The van der Waals surface area contributed by atoms with E-state index in [-0.39, 0.29) is 18.5 Å². The Hall–Kier alpha value is -1.98. The molecule has 0 aromatic heterocycles. The number of alkyl halides is 2. The topological polar surface area (TPSA) is 66.4 Å². The molecule has 92 valence electrons. The maximum Gasteiger partial charge on any atom is 0.335 e. The summed E-state index contributed by atoms with van der Waals surface area (Å²) in [5, 5.41) is 10.9. The number of carbonyl (C=O) groups excluding carboxylic acids is 1. The highest BCUT2D eigenvalue weighted by Gasteiger charge is 2.14. The van der Waals surface area contributed by atoms with Crippen LogP contribution in [0.25, 0.3) is 0 Å². The van der Waals surface area contributed by atoms with Crippen molar-refractivity contribution in [1.29, 1.82) is 0 Å². The van der Waals surface area contributed by atoms with Gasteiger partial charge in [0.25, 0.3) is 5.91 Å². The first-order chi connectivity index (χ1) is 8.02. The van der Waals surface area contributed by atoms with Crippen LogP contribution in [0.4, 0.5) is 8.78 Å². The summed E-state index contributed by atoms with van der Waals surface area (Å²) < 4.78 is 23.7. The Labute approximate surface area is 96.3 Å². The Morgan fingerprint density at radius 3 is 2.53 bits per heavy atom. The summed E-state index contributed by atoms with van der Waals surface area (Å²) in [5.41, 5.74) is 0.605. The van der Waals surface area contributed by atoms with Gasteiger partial charge in [0, 0.05) is 6.54 Å². The first kappa shape index (κ1) is 13.1. The summed E-state index contributed by atoms with van der Waals surface area (Å²) in [7, 11) is 0. The van der Waals surface area contributed by atoms with Crippen molar-refractivity contribution in [3.8, 4) is 0 Å². The first-order valence-corrected chi connectivity index (χ1v) is 4.89. The van der Waals surface area contributed by atoms with Crippen LogP contribution in [0.5, 0.6) is 0 Å². The lowest BCUT2D eigenvalue weighted by Crippen LogP contribution is -2.31. The Balaban J connectivity index is 2.58. The number of carboxylic acid groups (broad SMARTS) is 1. The number of carbonyl (C=O) groups is 2. The second kappa shape index (κ2) is 5.93. The minimum atomic E-state index is -3.05. The Morgan fingerprint density at radius 1 is 1.29 bits per heavy atom. The zero-order chi connectivity index (χ0) is 12.8. The van der Waals surface area contributed by atoms with Crippen LogP contribution in [0.15, 0.2) is 24.3 Å². The molecule has 1 rings (SSSR count). The van der Waals surface area contributed by atoms with E-state index in [0.29, 0.717) is 5.56 Å². The van der Waals surface area contributed by atoms with E-state index in [9.17, 15) is 18.4 Å². The van der Waals surface area contributed by atoms with E-state index in [0.717, 1.165) is 0 Å². The van der Waals surface area contributed by atoms with Gasteiger partial charge in [-0.15, -0.1) is 0 Å². The predicted octanol–water partition coefficient (Wildman–Crippen LogP) is 1.31. The summed E-state index contributed by atoms with van der Waals surface area (Å²) in [6.07, 6.45) is -2.86. The predicted molar refractivity (Wildman–Crippen MR) is 56.1 cm³/mol. The Morgan fingerprint density at radius 2 is 1.94 bits per heavy atom. The summed E-state index contributed by atoms with van der Waals surface area (Å²) in [5.74, 6) is -2.43. The molecule has 0 atom stereocenters. The van der Waals surface area contributed by atoms with Crippen molar-refractivity contribution in [2.45, 2.75) is 12.8 Å². The molecule has 0 spiro atoms. The molecule has 2 N–H and O–H groups in total. The smallest absolute Gasteiger partial charge is 0.335 e. The van der Waals surface area contributed by atoms with E-state index >= 15 is 0 Å². The number of benzene rings is 1. The average Bonchev–Trinajstić information content (AvgIpc) is 2.29. The highest BCUT2D eigenvalue weighted by molar-refractivity contribution is 5.89. The minimum Gasteiger partial charge on any atom is -0.478 e. The van der Waals surface area contributed by atoms with Gasteiger partial charge in [-0.05, 0) is 18.1 Å². The van der Waals surface area contributed by atoms with Crippen LogP contribution in [0, 0.1) is 0 Å². The van der Waals surface area contributed by atoms with Crippen LogP contribution in [0.1, 0.15) is 15.9 Å². The molecule has 1 aromatic rings. The number of hydrogen-bond acceptors (Lipinski definition) is 2. The van der Waals surface area contributed by atoms with E-state index in [2.05, 4.69) is 0 Å². The fourth-order valence-corrected chi connectivity index (χ4v) is 1.34. The third kappa shape index (κ3) is 3.82. The first-order valence-electron chi connectivity index (χ1n) is 4.89. The zero-order valence-corrected chi connectivity index (χ0v) is 8.82. The normalized spacial score (nSPS) is 10.3. The van der Waals surface area contributed by atoms with Gasteiger partial charge in [0.15, 0.2) is 0 Å². The fourth-order valence-electron chi connectivity index (χ4n) is 1.34. The molecule has 0 saturated heterocycles. The summed E-state index contributed by atoms with van der Waals surface area (Å²) in [6, 6.07) is 6.23. The second-order valence-electron chi connectivity index (χ2n) is 3.30. The van der Waals surface area contributed by atoms with Gasteiger partial charge < -0.3 is 10.4 Å². The van der Waals surface area contributed by atoms with Gasteiger partial charge in [-0.1, -0.05) is 18.2 Å². The third-order valence-corrected chi connectivity index (χ3v) is 2.14. The van der Waals surface area contributed by atoms with Crippen molar-refractivity contribution in [1.82, 2.24) is 5.32 Å². The van der Waals surface area contributed by atoms with Crippen LogP contribution in [0.2, 0.25) is 0 Å². The maximum atomic E-state index is 11.9. The van der Waals surface area contributed by atoms with Crippen molar-refractivity contribution in [2.75, 3.05) is 6.54 Å². The third-order valence-electron chi connectivity index (χ3n) is 2.14. The van der Waals surface area contributed by atoms with Crippen LogP contribution in [-0.4, -0.2) is 30.0 Å². The van der Waals surface area contributed by atoms with Crippen LogP contribution in [0.3, 0.4) is 0 Å². The SMILES string of the molecule is O=C(O)c1ccccc1CCNC(=O)C(F)F. The van der Waals surface area contributed by atoms with Crippen LogP contribution >= 0.6 is 0 Å². The van der Waals surface area contributed by atoms with E-state index in [4.69, 9.17) is 5.11 Å². The lowest BCUT2D eigenvalue weighted by Gasteiger charge is -2.07. The summed E-state index contributed by atoms with van der Waals surface area (Å²) >= 11 is 0. The summed E-state index contributed by atoms with van der Waals surface area (Å²) in [6.45, 7) is -0.0204. The average molecular weight is 243 g/mol. The highest BCUT2D eigenvalue weighted by atomic mass is 19.3. The van der Waals surface area contributed by atoms with E-state index in [1.54, 1.807) is 18.2 Å². The highest BCUT2D eigenvalue weighted by Crippen LogP contribution is 2.09. The van der Waals surface area contributed by atoms with Crippen LogP contribution in [-0.2, 0) is 11.2 Å². The van der Waals surface area contributed by atoms with E-state index in [1.807, 2.05) is 5.32 Å². The molecule has 0 aliphatic carbocycles. The van der Waals surface area contributed by atoms with Gasteiger partial charge in [0.05, 0.1) is 5.56 Å². The zero-order valence-electron chi connectivity index (χ0n) is 8.82. The number of amides is 1. The molecule has 0 fully saturated rings. The molecule has 4 nitrogen and oxygen atoms in total. The Kier molecular flexibility index (Phi) is 4.56. The number of halogens is 2. The van der Waals surface area contributed by atoms with Crippen molar-refractivity contribution in [2.24, 2.45) is 0 Å². The fraction of sp³-hybridized carbons (Fsp3) is 0.273. The molecule has 0 aliphatic heterocycles. The molecule has 0 heterocycles. The van der Waals surface area contributed by atoms with Crippen LogP contribution < -0.4 is 5.32 Å². The van der Waals surface area contributed by atoms with E-state index in [1.165, 1.54) is 6.07 Å². The molecule has 0 bridgehead atoms. The molecule has 0 unspecified atom stereocenters. The molecule has 0 aliphatic rings. The molecule has 1 amide bonds. The molecular weight excluding hydrogens is 232 g/mol. The lowest BCUT2D eigenvalue weighted by atomic mass is 10.0. The molecular formula is C11H11F2NO3. The molecule has 0 saturated carbocycles. The standard InChI is InChI=1S/C11H11F2NO3/c12-9(13)10(15)14-6-5-7-3-1-2-4-8(7)11(16)17/h1-4,9H,5-6H2,(H,14,15)(H,16,17). The second-order valence-corrected chi connectivity index (χ2v) is 3.30. The summed E-state index contributed by atoms with van der Waals surface area (Å²) in [4.78, 5) is 21.4. The monoisotopic (exact) mass is 243 g/mol. The van der Waals surface area contributed by atoms with Gasteiger partial charge >= 0.3 is 12.4 Å². The van der Waals surface area contributed by atoms with Crippen molar-refractivity contribution in [3.05, 3.63) is 35.4 Å². The van der Waals surface area contributed by atoms with Crippen molar-refractivity contribution >= 4 is 11.9 Å². The van der Waals surface area contributed by atoms with Gasteiger partial charge in [-0.25, -0.2) is 4.79 Å². The number of rotatable bonds is 5. The van der Waals surface area contributed by atoms with Gasteiger partial charge in [-0.3, -0.25) is 4.79 Å². The number of hydrogen-bond donors (Lipinski definition) is 2. The quantitative estimate of drug-likeness (QED) is 0.819. The van der Waals surface area contributed by atoms with E-state index < -0.39 is 18.3 Å². The number of carboxylic acids is 1. The minimum absolute atomic E-state index is 0.0204. The molecule has 17 heavy (non-hydrogen) atoms. The van der Waals surface area contributed by atoms with Gasteiger partial charge in [0.2, 0.25) is 0 Å². The lowest BCUT2D eigenvalue weighted by molar-refractivity contribution is -0.131. The largest absolute Gasteiger partial charge is 0.478 e. The van der Waals surface area contributed by atoms with Crippen molar-refractivity contribution < 1.29 is 23.5 Å². The molecule has 6 heteroatoms. The Bertz CT molecular complexity index is 421. The number of nitrogens with one attached hydrogen (secondary N) is 1. The number of aromatic carboxylic acids is 1. The molecule has 1 aromatic carbocycles. The van der Waals surface area contributed by atoms with Crippen molar-refractivity contribution in [3.63, 3.8) is 0 Å². The molecule has 0 radical (unpaired) electrons. The van der Waals surface area contributed by atoms with Gasteiger partial charge in [0.1, 0.15) is 0 Å². The van der Waals surface area contributed by atoms with Gasteiger partial charge in [-0.2, -0.15) is 8.78 Å². The maximum absolute atomic E-state index is 11.9.